The van der Waals surface area contributed by atoms with Crippen LogP contribution >= 0.6 is 22.9 Å². The number of hydrogen-bond donors (Lipinski definition) is 2. The highest BCUT2D eigenvalue weighted by Crippen LogP contribution is 2.34. The summed E-state index contributed by atoms with van der Waals surface area (Å²) < 4.78 is 27.5. The van der Waals surface area contributed by atoms with E-state index in [0.717, 1.165) is 35.2 Å². The highest BCUT2D eigenvalue weighted by molar-refractivity contribution is 7.92. The van der Waals surface area contributed by atoms with Crippen molar-refractivity contribution in [3.8, 4) is 0 Å². The lowest BCUT2D eigenvalue weighted by Crippen LogP contribution is -2.14. The van der Waals surface area contributed by atoms with Gasteiger partial charge in [-0.1, -0.05) is 24.9 Å². The van der Waals surface area contributed by atoms with E-state index in [0.29, 0.717) is 16.1 Å². The minimum absolute atomic E-state index is 0.0256. The summed E-state index contributed by atoms with van der Waals surface area (Å²) in [6.07, 6.45) is 2.99. The van der Waals surface area contributed by atoms with Crippen molar-refractivity contribution < 1.29 is 13.2 Å². The van der Waals surface area contributed by atoms with Crippen LogP contribution in [0.15, 0.2) is 53.4 Å². The van der Waals surface area contributed by atoms with Crippen LogP contribution in [0.25, 0.3) is 10.2 Å². The number of fused-ring (bicyclic) bond motifs is 1. The van der Waals surface area contributed by atoms with Crippen LogP contribution in [0.4, 0.5) is 11.5 Å². The molecule has 3 aromatic heterocycles. The monoisotopic (exact) mass is 501 g/mol. The molecule has 0 aliphatic heterocycles. The van der Waals surface area contributed by atoms with Gasteiger partial charge in [-0.2, -0.15) is 0 Å². The number of anilines is 2. The highest BCUT2D eigenvalue weighted by atomic mass is 35.5. The summed E-state index contributed by atoms with van der Waals surface area (Å²) in [6, 6.07) is 12.3. The van der Waals surface area contributed by atoms with E-state index in [1.807, 2.05) is 12.1 Å². The number of carbonyl (C=O) groups excluding carboxylic acids is 1. The summed E-state index contributed by atoms with van der Waals surface area (Å²) >= 11 is 6.91. The van der Waals surface area contributed by atoms with Crippen LogP contribution in [-0.2, 0) is 16.4 Å². The fourth-order valence-electron chi connectivity index (χ4n) is 3.18. The topological polar surface area (TPSA) is 128 Å². The van der Waals surface area contributed by atoms with Crippen molar-refractivity contribution in [2.75, 3.05) is 10.5 Å². The number of sulfonamides is 1. The molecule has 0 saturated heterocycles. The molecule has 0 radical (unpaired) electrons. The number of aromatic nitrogens is 3. The molecule has 0 unspecified atom stereocenters. The Balaban J connectivity index is 1.57. The first-order valence-corrected chi connectivity index (χ1v) is 12.8. The van der Waals surface area contributed by atoms with Crippen LogP contribution < -0.4 is 10.5 Å². The Kier molecular flexibility index (Phi) is 6.59. The summed E-state index contributed by atoms with van der Waals surface area (Å²) in [5.41, 5.74) is 7.92. The van der Waals surface area contributed by atoms with Gasteiger partial charge in [-0.05, 0) is 61.4 Å². The molecule has 1 aromatic carbocycles. The molecule has 8 nitrogen and oxygen atoms in total. The van der Waals surface area contributed by atoms with E-state index in [1.165, 1.54) is 47.7 Å². The normalized spacial score (nSPS) is 11.6. The number of benzene rings is 1. The van der Waals surface area contributed by atoms with Gasteiger partial charge in [0.05, 0.1) is 10.6 Å². The zero-order valence-electron chi connectivity index (χ0n) is 17.6. The third-order valence-corrected chi connectivity index (χ3v) is 7.63. The Morgan fingerprint density at radius 3 is 2.52 bits per heavy atom. The Morgan fingerprint density at radius 2 is 1.85 bits per heavy atom. The largest absolute Gasteiger partial charge is 0.397 e. The highest BCUT2D eigenvalue weighted by Gasteiger charge is 2.21. The fraction of sp³-hybridized carbons (Fsp3) is 0.182. The van der Waals surface area contributed by atoms with E-state index < -0.39 is 10.0 Å². The Labute approximate surface area is 199 Å². The van der Waals surface area contributed by atoms with Crippen molar-refractivity contribution in [3.63, 3.8) is 0 Å². The Bertz CT molecular complexity index is 1420. The van der Waals surface area contributed by atoms with E-state index in [9.17, 15) is 13.2 Å². The fourth-order valence-corrected chi connectivity index (χ4v) is 5.36. The van der Waals surface area contributed by atoms with Gasteiger partial charge in [-0.3, -0.25) is 9.52 Å². The Hall–Kier alpha value is -3.08. The molecule has 33 heavy (non-hydrogen) atoms. The van der Waals surface area contributed by atoms with Crippen LogP contribution in [0.2, 0.25) is 5.15 Å². The van der Waals surface area contributed by atoms with Crippen molar-refractivity contribution in [3.05, 3.63) is 69.8 Å². The minimum atomic E-state index is -3.91. The number of rotatable bonds is 8. The third-order valence-electron chi connectivity index (χ3n) is 4.94. The lowest BCUT2D eigenvalue weighted by atomic mass is 10.1. The maximum Gasteiger partial charge on any atom is 0.263 e. The summed E-state index contributed by atoms with van der Waals surface area (Å²) in [7, 11) is -3.91. The molecule has 0 atom stereocenters. The molecule has 0 saturated carbocycles. The molecule has 0 bridgehead atoms. The molecule has 4 rings (SSSR count). The molecule has 4 aromatic rings. The molecule has 170 valence electrons. The van der Waals surface area contributed by atoms with Crippen molar-refractivity contribution in [1.29, 1.82) is 0 Å². The summed E-state index contributed by atoms with van der Waals surface area (Å²) in [5.74, 6) is -0.255. The molecule has 0 aliphatic rings. The van der Waals surface area contributed by atoms with Gasteiger partial charge in [0.25, 0.3) is 10.0 Å². The van der Waals surface area contributed by atoms with E-state index >= 15 is 0 Å². The van der Waals surface area contributed by atoms with Gasteiger partial charge >= 0.3 is 0 Å². The molecular formula is C22H20ClN5O3S2. The zero-order valence-corrected chi connectivity index (χ0v) is 20.0. The maximum absolute atomic E-state index is 13.1. The summed E-state index contributed by atoms with van der Waals surface area (Å²) in [6.45, 7) is 2.12. The van der Waals surface area contributed by atoms with Gasteiger partial charge in [0.15, 0.2) is 11.0 Å². The number of nitrogens with one attached hydrogen (secondary N) is 1. The number of aryl methyl sites for hydroxylation is 1. The number of nitrogens with two attached hydrogens (primary N) is 1. The summed E-state index contributed by atoms with van der Waals surface area (Å²) in [4.78, 5) is 18.8. The second-order valence-electron chi connectivity index (χ2n) is 7.30. The third kappa shape index (κ3) is 4.97. The lowest BCUT2D eigenvalue weighted by molar-refractivity contribution is 0.104. The van der Waals surface area contributed by atoms with Crippen LogP contribution in [0.3, 0.4) is 0 Å². The van der Waals surface area contributed by atoms with E-state index in [1.54, 1.807) is 0 Å². The van der Waals surface area contributed by atoms with Crippen LogP contribution in [-0.4, -0.2) is 29.4 Å². The lowest BCUT2D eigenvalue weighted by Gasteiger charge is -2.07. The zero-order chi connectivity index (χ0) is 23.6. The molecular weight excluding hydrogens is 482 g/mol. The van der Waals surface area contributed by atoms with Crippen LogP contribution in [0.1, 0.15) is 40.7 Å². The molecule has 0 fully saturated rings. The number of halogens is 1. The van der Waals surface area contributed by atoms with Gasteiger partial charge in [-0.15, -0.1) is 21.5 Å². The van der Waals surface area contributed by atoms with Crippen molar-refractivity contribution in [2.24, 2.45) is 0 Å². The average molecular weight is 502 g/mol. The van der Waals surface area contributed by atoms with Crippen molar-refractivity contribution in [2.45, 2.75) is 31.1 Å². The van der Waals surface area contributed by atoms with Crippen LogP contribution in [0.5, 0.6) is 0 Å². The number of thiophene rings is 1. The molecule has 0 aliphatic carbocycles. The number of ketones is 1. The predicted octanol–water partition coefficient (Wildman–Crippen LogP) is 4.70. The number of carbonyl (C=O) groups is 1. The maximum atomic E-state index is 13.1. The second-order valence-corrected chi connectivity index (χ2v) is 10.4. The Morgan fingerprint density at radius 1 is 1.09 bits per heavy atom. The standard InChI is InChI=1S/C22H20ClN5O3S2/c1-2-3-4-14-7-10-16-19(24)21(32-22(16)25-14)20(29)13-5-8-15(9-6-13)33(30,31)28-18-12-11-17(23)26-27-18/h5-12H,2-4,24H2,1H3,(H,27,28). The number of hydrogen-bond acceptors (Lipinski definition) is 8. The quantitative estimate of drug-likeness (QED) is 0.335. The molecule has 0 amide bonds. The van der Waals surface area contributed by atoms with Gasteiger partial charge in [-0.25, -0.2) is 13.4 Å². The molecule has 3 N–H and O–H groups in total. The van der Waals surface area contributed by atoms with Gasteiger partial charge < -0.3 is 5.73 Å². The van der Waals surface area contributed by atoms with Crippen molar-refractivity contribution in [1.82, 2.24) is 15.2 Å². The molecule has 0 spiro atoms. The van der Waals surface area contributed by atoms with E-state index in [4.69, 9.17) is 17.3 Å². The minimum Gasteiger partial charge on any atom is -0.397 e. The predicted molar refractivity (Wildman–Crippen MR) is 130 cm³/mol. The second kappa shape index (κ2) is 9.42. The smallest absolute Gasteiger partial charge is 0.263 e. The van der Waals surface area contributed by atoms with Crippen molar-refractivity contribution >= 4 is 60.5 Å². The van der Waals surface area contributed by atoms with E-state index in [-0.39, 0.29) is 21.6 Å². The summed E-state index contributed by atoms with van der Waals surface area (Å²) in [5, 5.41) is 8.18. The van der Waals surface area contributed by atoms with Crippen LogP contribution in [0, 0.1) is 0 Å². The van der Waals surface area contributed by atoms with E-state index in [2.05, 4.69) is 26.8 Å². The first kappa shape index (κ1) is 23.1. The molecule has 11 heteroatoms. The molecule has 3 heterocycles. The first-order chi connectivity index (χ1) is 15.8. The van der Waals surface area contributed by atoms with Gasteiger partial charge in [0.2, 0.25) is 5.78 Å². The number of nitrogens with zero attached hydrogens (tertiary/aromatic N) is 3. The number of unbranched alkanes of at least 4 members (excludes halogenated alkanes) is 1. The number of pyridine rings is 1. The van der Waals surface area contributed by atoms with Gasteiger partial charge in [0.1, 0.15) is 9.71 Å². The van der Waals surface area contributed by atoms with Gasteiger partial charge in [0, 0.05) is 16.6 Å². The SMILES string of the molecule is CCCCc1ccc2c(N)c(C(=O)c3ccc(S(=O)(=O)Nc4ccc(Cl)nn4)cc3)sc2n1. The average Bonchev–Trinajstić information content (AvgIpc) is 3.14. The first-order valence-electron chi connectivity index (χ1n) is 10.1. The number of nitrogen functional groups attached to an aromatic ring is 1.